The monoisotopic (exact) mass is 424 g/mol. The van der Waals surface area contributed by atoms with Crippen LogP contribution in [-0.4, -0.2) is 43.0 Å². The van der Waals surface area contributed by atoms with Crippen LogP contribution in [0.15, 0.2) is 53.9 Å². The van der Waals surface area contributed by atoms with Crippen molar-refractivity contribution in [1.82, 2.24) is 30.4 Å². The molecular formula is C21H24N6O2S. The number of urea groups is 1. The third kappa shape index (κ3) is 5.44. The second-order valence-electron chi connectivity index (χ2n) is 7.70. The van der Waals surface area contributed by atoms with Gasteiger partial charge in [0.1, 0.15) is 0 Å². The van der Waals surface area contributed by atoms with Crippen LogP contribution in [0, 0.1) is 6.92 Å². The van der Waals surface area contributed by atoms with Crippen molar-refractivity contribution >= 4 is 23.7 Å². The number of nitrogens with zero attached hydrogens (tertiary/aromatic N) is 4. The molecule has 3 rings (SSSR count). The molecule has 2 aromatic heterocycles. The fraction of sp³-hybridized carbons (Fsp3) is 0.286. The molecule has 2 heterocycles. The third-order valence-electron chi connectivity index (χ3n) is 4.00. The van der Waals surface area contributed by atoms with Crippen molar-refractivity contribution in [3.8, 4) is 17.1 Å². The highest BCUT2D eigenvalue weighted by Crippen LogP contribution is 2.29. The summed E-state index contributed by atoms with van der Waals surface area (Å²) in [5, 5.41) is 14.2. The number of hydrogen-bond donors (Lipinski definition) is 2. The average Bonchev–Trinajstić information content (AvgIpc) is 3.09. The smallest absolute Gasteiger partial charge is 0.321 e. The molecule has 2 N–H and O–H groups in total. The minimum atomic E-state index is -0.522. The second kappa shape index (κ2) is 9.08. The lowest BCUT2D eigenvalue weighted by Gasteiger charge is -2.20. The molecule has 0 aliphatic carbocycles. The number of aromatic nitrogens is 4. The number of amides is 3. The number of nitrogens with one attached hydrogen (secondary N) is 2. The summed E-state index contributed by atoms with van der Waals surface area (Å²) in [6.45, 7) is 7.54. The summed E-state index contributed by atoms with van der Waals surface area (Å²) in [4.78, 5) is 28.2. The molecule has 0 spiro atoms. The molecule has 3 amide bonds. The number of benzene rings is 1. The maximum absolute atomic E-state index is 12.2. The van der Waals surface area contributed by atoms with E-state index in [4.69, 9.17) is 0 Å². The van der Waals surface area contributed by atoms with Crippen molar-refractivity contribution in [2.75, 3.05) is 5.75 Å². The van der Waals surface area contributed by atoms with Crippen molar-refractivity contribution in [3.63, 3.8) is 0 Å². The summed E-state index contributed by atoms with van der Waals surface area (Å²) >= 11 is 1.22. The van der Waals surface area contributed by atoms with E-state index in [2.05, 4.69) is 25.8 Å². The molecule has 0 fully saturated rings. The van der Waals surface area contributed by atoms with Gasteiger partial charge in [-0.05, 0) is 51.5 Å². The Hall–Kier alpha value is -3.20. The van der Waals surface area contributed by atoms with Crippen LogP contribution in [0.5, 0.6) is 0 Å². The van der Waals surface area contributed by atoms with E-state index < -0.39 is 17.5 Å². The van der Waals surface area contributed by atoms with Crippen molar-refractivity contribution in [1.29, 1.82) is 0 Å². The molecule has 30 heavy (non-hydrogen) atoms. The van der Waals surface area contributed by atoms with Crippen LogP contribution in [0.1, 0.15) is 26.3 Å². The maximum Gasteiger partial charge on any atom is 0.321 e. The van der Waals surface area contributed by atoms with E-state index in [0.29, 0.717) is 11.0 Å². The zero-order valence-electron chi connectivity index (χ0n) is 17.3. The summed E-state index contributed by atoms with van der Waals surface area (Å²) in [7, 11) is 0. The molecule has 0 saturated carbocycles. The van der Waals surface area contributed by atoms with Gasteiger partial charge in [-0.3, -0.25) is 19.7 Å². The second-order valence-corrected chi connectivity index (χ2v) is 8.65. The fourth-order valence-electron chi connectivity index (χ4n) is 2.75. The van der Waals surface area contributed by atoms with Crippen LogP contribution in [0.2, 0.25) is 0 Å². The van der Waals surface area contributed by atoms with Gasteiger partial charge in [0.05, 0.1) is 11.4 Å². The molecule has 0 unspecified atom stereocenters. The summed E-state index contributed by atoms with van der Waals surface area (Å²) in [5.74, 6) is 0.268. The predicted molar refractivity (Wildman–Crippen MR) is 116 cm³/mol. The van der Waals surface area contributed by atoms with Gasteiger partial charge in [0, 0.05) is 23.5 Å². The predicted octanol–water partition coefficient (Wildman–Crippen LogP) is 3.35. The SMILES string of the molecule is Cc1ccccc1-n1c(SCC(=O)NC(=O)NC(C)(C)C)nnc1-c1ccncc1. The van der Waals surface area contributed by atoms with Gasteiger partial charge in [0.25, 0.3) is 0 Å². The van der Waals surface area contributed by atoms with Gasteiger partial charge in [0.2, 0.25) is 5.91 Å². The van der Waals surface area contributed by atoms with Gasteiger partial charge in [-0.1, -0.05) is 30.0 Å². The Balaban J connectivity index is 1.84. The fourth-order valence-corrected chi connectivity index (χ4v) is 3.49. The van der Waals surface area contributed by atoms with E-state index in [0.717, 1.165) is 16.8 Å². The van der Waals surface area contributed by atoms with Crippen LogP contribution >= 0.6 is 11.8 Å². The van der Waals surface area contributed by atoms with Crippen LogP contribution in [0.4, 0.5) is 4.79 Å². The number of carbonyl (C=O) groups excluding carboxylic acids is 2. The standard InChI is InChI=1S/C21H24N6O2S/c1-14-7-5-6-8-16(14)27-18(15-9-11-22-12-10-15)25-26-20(27)30-13-17(28)23-19(29)24-21(2,3)4/h5-12H,13H2,1-4H3,(H2,23,24,28,29). The molecule has 0 aliphatic heterocycles. The molecule has 0 radical (unpaired) electrons. The van der Waals surface area contributed by atoms with Gasteiger partial charge in [-0.25, -0.2) is 4.79 Å². The van der Waals surface area contributed by atoms with Gasteiger partial charge in [0.15, 0.2) is 11.0 Å². The van der Waals surface area contributed by atoms with Crippen LogP contribution in [0.3, 0.4) is 0 Å². The molecule has 0 aliphatic rings. The van der Waals surface area contributed by atoms with Gasteiger partial charge in [-0.15, -0.1) is 10.2 Å². The van der Waals surface area contributed by atoms with Gasteiger partial charge >= 0.3 is 6.03 Å². The number of thioether (sulfide) groups is 1. The highest BCUT2D eigenvalue weighted by atomic mass is 32.2. The molecule has 0 saturated heterocycles. The molecule has 8 nitrogen and oxygen atoms in total. The number of carbonyl (C=O) groups is 2. The molecule has 3 aromatic rings. The van der Waals surface area contributed by atoms with E-state index in [9.17, 15) is 9.59 Å². The van der Waals surface area contributed by atoms with Crippen molar-refractivity contribution in [2.45, 2.75) is 38.4 Å². The van der Waals surface area contributed by atoms with E-state index in [1.54, 1.807) is 12.4 Å². The maximum atomic E-state index is 12.2. The average molecular weight is 425 g/mol. The van der Waals surface area contributed by atoms with Crippen molar-refractivity contribution in [3.05, 3.63) is 54.4 Å². The Bertz CT molecular complexity index is 1040. The largest absolute Gasteiger partial charge is 0.333 e. The first-order valence-corrected chi connectivity index (χ1v) is 10.4. The zero-order chi connectivity index (χ0) is 21.7. The Kier molecular flexibility index (Phi) is 6.51. The Morgan fingerprint density at radius 3 is 2.43 bits per heavy atom. The van der Waals surface area contributed by atoms with E-state index in [1.165, 1.54) is 11.8 Å². The molecule has 1 aromatic carbocycles. The number of pyridine rings is 1. The first-order valence-electron chi connectivity index (χ1n) is 9.41. The lowest BCUT2D eigenvalue weighted by molar-refractivity contribution is -0.117. The quantitative estimate of drug-likeness (QED) is 0.609. The number of imide groups is 1. The summed E-state index contributed by atoms with van der Waals surface area (Å²) in [6.07, 6.45) is 3.39. The molecule has 0 bridgehead atoms. The number of rotatable bonds is 5. The number of para-hydroxylation sites is 1. The van der Waals surface area contributed by atoms with Crippen LogP contribution < -0.4 is 10.6 Å². The number of hydrogen-bond acceptors (Lipinski definition) is 6. The third-order valence-corrected chi connectivity index (χ3v) is 4.93. The first kappa shape index (κ1) is 21.5. The van der Waals surface area contributed by atoms with Crippen molar-refractivity contribution in [2.24, 2.45) is 0 Å². The lowest BCUT2D eigenvalue weighted by atomic mass is 10.1. The van der Waals surface area contributed by atoms with E-state index in [-0.39, 0.29) is 5.75 Å². The zero-order valence-corrected chi connectivity index (χ0v) is 18.2. The highest BCUT2D eigenvalue weighted by Gasteiger charge is 2.20. The lowest BCUT2D eigenvalue weighted by Crippen LogP contribution is -2.48. The van der Waals surface area contributed by atoms with Crippen LogP contribution in [-0.2, 0) is 4.79 Å². The first-order chi connectivity index (χ1) is 14.2. The number of aryl methyl sites for hydroxylation is 1. The van der Waals surface area contributed by atoms with Gasteiger partial charge < -0.3 is 5.32 Å². The molecular weight excluding hydrogens is 400 g/mol. The molecule has 156 valence electrons. The van der Waals surface area contributed by atoms with E-state index in [1.807, 2.05) is 68.7 Å². The minimum absolute atomic E-state index is 0.0257. The topological polar surface area (TPSA) is 102 Å². The summed E-state index contributed by atoms with van der Waals surface area (Å²) in [6, 6.07) is 11.1. The Morgan fingerprint density at radius 2 is 1.77 bits per heavy atom. The molecule has 0 atom stereocenters. The normalized spacial score (nSPS) is 11.2. The molecule has 9 heteroatoms. The highest BCUT2D eigenvalue weighted by molar-refractivity contribution is 7.99. The van der Waals surface area contributed by atoms with Crippen molar-refractivity contribution < 1.29 is 9.59 Å². The van der Waals surface area contributed by atoms with Crippen LogP contribution in [0.25, 0.3) is 17.1 Å². The van der Waals surface area contributed by atoms with E-state index >= 15 is 0 Å². The summed E-state index contributed by atoms with van der Waals surface area (Å²) in [5.41, 5.74) is 2.40. The van der Waals surface area contributed by atoms with Gasteiger partial charge in [-0.2, -0.15) is 0 Å². The Labute approximate surface area is 179 Å². The summed E-state index contributed by atoms with van der Waals surface area (Å²) < 4.78 is 1.91. The Morgan fingerprint density at radius 1 is 1.07 bits per heavy atom. The minimum Gasteiger partial charge on any atom is -0.333 e.